The zero-order valence-corrected chi connectivity index (χ0v) is 17.5. The molecule has 0 aliphatic heterocycles. The average molecular weight is 406 g/mol. The Morgan fingerprint density at radius 2 is 2.04 bits per heavy atom. The van der Waals surface area contributed by atoms with E-state index in [2.05, 4.69) is 56.7 Å². The van der Waals surface area contributed by atoms with E-state index < -0.39 is 10.0 Å². The van der Waals surface area contributed by atoms with Gasteiger partial charge in [0, 0.05) is 43.8 Å². The highest BCUT2D eigenvalue weighted by Crippen LogP contribution is 2.25. The topological polar surface area (TPSA) is 98.4 Å². The van der Waals surface area contributed by atoms with Crippen LogP contribution < -0.4 is 15.4 Å². The van der Waals surface area contributed by atoms with Crippen molar-refractivity contribution in [1.29, 1.82) is 0 Å². The van der Waals surface area contributed by atoms with E-state index in [1.807, 2.05) is 0 Å². The Labute approximate surface area is 167 Å². The minimum atomic E-state index is -3.24. The highest BCUT2D eigenvalue weighted by Gasteiger charge is 2.20. The van der Waals surface area contributed by atoms with Gasteiger partial charge in [0.2, 0.25) is 10.0 Å². The summed E-state index contributed by atoms with van der Waals surface area (Å²) in [7, 11) is -1.55. The number of aromatic amines is 1. The largest absolute Gasteiger partial charge is 0.361 e. The van der Waals surface area contributed by atoms with Gasteiger partial charge in [0.1, 0.15) is 0 Å². The van der Waals surface area contributed by atoms with Gasteiger partial charge in [-0.15, -0.1) is 0 Å². The number of guanidine groups is 1. The first-order valence-electron chi connectivity index (χ1n) is 9.96. The van der Waals surface area contributed by atoms with Gasteiger partial charge in [-0.2, -0.15) is 0 Å². The Morgan fingerprint density at radius 1 is 1.25 bits per heavy atom. The van der Waals surface area contributed by atoms with E-state index in [0.29, 0.717) is 31.5 Å². The zero-order valence-electron chi connectivity index (χ0n) is 16.7. The van der Waals surface area contributed by atoms with Crippen molar-refractivity contribution in [2.45, 2.75) is 32.6 Å². The third kappa shape index (κ3) is 5.48. The minimum absolute atomic E-state index is 0.0438. The van der Waals surface area contributed by atoms with E-state index in [4.69, 9.17) is 0 Å². The van der Waals surface area contributed by atoms with Crippen molar-refractivity contribution < 1.29 is 8.42 Å². The van der Waals surface area contributed by atoms with E-state index in [1.165, 1.54) is 28.5 Å². The van der Waals surface area contributed by atoms with Crippen molar-refractivity contribution in [3.8, 4) is 0 Å². The van der Waals surface area contributed by atoms with Crippen LogP contribution in [0.1, 0.15) is 30.4 Å². The Hall–Kier alpha value is -2.06. The molecule has 1 aliphatic carbocycles. The maximum absolute atomic E-state index is 12.1. The number of sulfonamides is 1. The van der Waals surface area contributed by atoms with E-state index >= 15 is 0 Å². The van der Waals surface area contributed by atoms with Gasteiger partial charge in [-0.25, -0.2) is 13.1 Å². The number of nitrogens with zero attached hydrogens (tertiary/aromatic N) is 1. The first-order valence-corrected chi connectivity index (χ1v) is 11.6. The second-order valence-electron chi connectivity index (χ2n) is 7.45. The van der Waals surface area contributed by atoms with E-state index in [0.717, 1.165) is 19.3 Å². The van der Waals surface area contributed by atoms with Crippen LogP contribution in [0.3, 0.4) is 0 Å². The number of aryl methyl sites for hydroxylation is 1. The zero-order chi connectivity index (χ0) is 20.0. The van der Waals surface area contributed by atoms with Crippen LogP contribution in [0, 0.1) is 12.8 Å². The highest BCUT2D eigenvalue weighted by atomic mass is 32.2. The summed E-state index contributed by atoms with van der Waals surface area (Å²) in [6.45, 7) is 3.71. The summed E-state index contributed by atoms with van der Waals surface area (Å²) in [6.07, 6.45) is 6.38. The lowest BCUT2D eigenvalue weighted by atomic mass is 9.86. The summed E-state index contributed by atoms with van der Waals surface area (Å²) in [5.74, 6) is 1.18. The number of hydrogen-bond acceptors (Lipinski definition) is 3. The lowest BCUT2D eigenvalue weighted by molar-refractivity contribution is 0.316. The Bertz CT molecular complexity index is 916. The van der Waals surface area contributed by atoms with Crippen LogP contribution in [0.2, 0.25) is 0 Å². The fourth-order valence-electron chi connectivity index (χ4n) is 3.42. The molecule has 28 heavy (non-hydrogen) atoms. The third-order valence-electron chi connectivity index (χ3n) is 5.40. The normalized spacial score (nSPS) is 15.6. The van der Waals surface area contributed by atoms with Crippen LogP contribution in [-0.2, 0) is 16.4 Å². The van der Waals surface area contributed by atoms with Gasteiger partial charge in [0.25, 0.3) is 0 Å². The fourth-order valence-corrected chi connectivity index (χ4v) is 4.43. The molecule has 154 valence electrons. The molecule has 1 aliphatic rings. The monoisotopic (exact) mass is 405 g/mol. The molecular weight excluding hydrogens is 374 g/mol. The smallest absolute Gasteiger partial charge is 0.213 e. The quantitative estimate of drug-likeness (QED) is 0.378. The number of aliphatic imine (C=N–C) groups is 1. The number of fused-ring (bicyclic) bond motifs is 1. The van der Waals surface area contributed by atoms with Gasteiger partial charge < -0.3 is 15.6 Å². The molecule has 1 fully saturated rings. The molecule has 3 rings (SSSR count). The summed E-state index contributed by atoms with van der Waals surface area (Å²) in [5.41, 5.74) is 3.67. The standard InChI is InChI=1S/C20H31N5O2S/c1-15-5-3-8-18-17(14-24-19(15)18)9-10-22-20(21-2)23-11-12-28(26,27)25-13-16-6-4-7-16/h3,5,8,14,16,24-25H,4,6-7,9-13H2,1-2H3,(H2,21,22,23). The molecule has 2 aromatic rings. The van der Waals surface area contributed by atoms with Gasteiger partial charge in [-0.3, -0.25) is 4.99 Å². The Balaban J connectivity index is 1.40. The molecule has 1 heterocycles. The molecule has 0 saturated heterocycles. The summed E-state index contributed by atoms with van der Waals surface area (Å²) in [4.78, 5) is 7.51. The lowest BCUT2D eigenvalue weighted by Gasteiger charge is -2.25. The maximum Gasteiger partial charge on any atom is 0.213 e. The molecule has 4 N–H and O–H groups in total. The second kappa shape index (κ2) is 9.43. The van der Waals surface area contributed by atoms with E-state index in [9.17, 15) is 8.42 Å². The molecule has 0 unspecified atom stereocenters. The SMILES string of the molecule is CN=C(NCCc1c[nH]c2c(C)cccc12)NCCS(=O)(=O)NCC1CCC1. The molecule has 1 aromatic heterocycles. The highest BCUT2D eigenvalue weighted by molar-refractivity contribution is 7.89. The molecule has 1 aromatic carbocycles. The number of aromatic nitrogens is 1. The first-order chi connectivity index (χ1) is 13.5. The van der Waals surface area contributed by atoms with Crippen LogP contribution >= 0.6 is 0 Å². The van der Waals surface area contributed by atoms with E-state index in [1.54, 1.807) is 7.05 Å². The fraction of sp³-hybridized carbons (Fsp3) is 0.550. The molecular formula is C20H31N5O2S. The maximum atomic E-state index is 12.1. The van der Waals surface area contributed by atoms with Crippen molar-refractivity contribution in [3.05, 3.63) is 35.5 Å². The molecule has 1 saturated carbocycles. The summed E-state index contributed by atoms with van der Waals surface area (Å²) < 4.78 is 26.8. The summed E-state index contributed by atoms with van der Waals surface area (Å²) >= 11 is 0. The number of H-pyrrole nitrogens is 1. The number of nitrogens with one attached hydrogen (secondary N) is 4. The molecule has 0 radical (unpaired) electrons. The van der Waals surface area contributed by atoms with Gasteiger partial charge in [0.15, 0.2) is 5.96 Å². The molecule has 0 bridgehead atoms. The average Bonchev–Trinajstić information content (AvgIpc) is 3.03. The molecule has 7 nitrogen and oxygen atoms in total. The van der Waals surface area contributed by atoms with Gasteiger partial charge >= 0.3 is 0 Å². The van der Waals surface area contributed by atoms with Crippen LogP contribution in [0.4, 0.5) is 0 Å². The van der Waals surface area contributed by atoms with Gasteiger partial charge in [0.05, 0.1) is 5.75 Å². The van der Waals surface area contributed by atoms with Crippen molar-refractivity contribution in [2.75, 3.05) is 32.4 Å². The van der Waals surface area contributed by atoms with Crippen LogP contribution in [0.5, 0.6) is 0 Å². The van der Waals surface area contributed by atoms with Crippen molar-refractivity contribution in [2.24, 2.45) is 10.9 Å². The first kappa shape index (κ1) is 20.7. The predicted molar refractivity (Wildman–Crippen MR) is 115 cm³/mol. The van der Waals surface area contributed by atoms with E-state index in [-0.39, 0.29) is 5.75 Å². The summed E-state index contributed by atoms with van der Waals surface area (Å²) in [5, 5.41) is 7.57. The Morgan fingerprint density at radius 3 is 2.75 bits per heavy atom. The van der Waals surface area contributed by atoms with Crippen LogP contribution in [0.15, 0.2) is 29.4 Å². The third-order valence-corrected chi connectivity index (χ3v) is 6.75. The number of hydrogen-bond donors (Lipinski definition) is 4. The van der Waals surface area contributed by atoms with Crippen LogP contribution in [0.25, 0.3) is 10.9 Å². The molecule has 8 heteroatoms. The lowest BCUT2D eigenvalue weighted by Crippen LogP contribution is -2.42. The second-order valence-corrected chi connectivity index (χ2v) is 9.38. The molecule has 0 amide bonds. The summed E-state index contributed by atoms with van der Waals surface area (Å²) in [6, 6.07) is 6.30. The van der Waals surface area contributed by atoms with Gasteiger partial charge in [-0.1, -0.05) is 24.6 Å². The molecule has 0 spiro atoms. The van der Waals surface area contributed by atoms with Gasteiger partial charge in [-0.05, 0) is 43.2 Å². The van der Waals surface area contributed by atoms with Crippen molar-refractivity contribution >= 4 is 26.9 Å². The Kier molecular flexibility index (Phi) is 6.96. The number of para-hydroxylation sites is 1. The predicted octanol–water partition coefficient (Wildman–Crippen LogP) is 1.90. The minimum Gasteiger partial charge on any atom is -0.361 e. The molecule has 0 atom stereocenters. The van der Waals surface area contributed by atoms with Crippen molar-refractivity contribution in [3.63, 3.8) is 0 Å². The number of benzene rings is 1. The van der Waals surface area contributed by atoms with Crippen LogP contribution in [-0.4, -0.2) is 51.8 Å². The number of rotatable bonds is 9. The van der Waals surface area contributed by atoms with Crippen molar-refractivity contribution in [1.82, 2.24) is 20.3 Å².